The molecule has 65 heavy (non-hydrogen) atoms. The van der Waals surface area contributed by atoms with Crippen LogP contribution in [0.25, 0.3) is 0 Å². The number of fused-ring (bicyclic) bond motifs is 5. The standard InChI is InChI=1S/C51H65F3O11/c1-29(55)62-40-26-38-45(3,4)39(65-43(58)31-17-13-11-14-18-31)27-41(63-30(2)56)49(38,9)37-23-24-47(7)34(21-22-36(47)48(37,40)8)32-25-35(42(57)46(5,6)61-28-32)64-44(59)50(60-10,51(52,53)54)33-19-15-12-16-20-33/h11-20,22,32,34-35,37-42,57H,21,23-28H2,1-10H3/t32-,34+,35-,37+,38+,39-,40-,41+,42+,47+,48+,49-,50-/m1/s1. The number of alkyl halides is 3. The maximum absolute atomic E-state index is 15.0. The third kappa shape index (κ3) is 7.90. The van der Waals surface area contributed by atoms with Gasteiger partial charge in [-0.25, -0.2) is 9.59 Å². The molecular weight excluding hydrogens is 846 g/mol. The van der Waals surface area contributed by atoms with Crippen molar-refractivity contribution in [1.82, 2.24) is 0 Å². The van der Waals surface area contributed by atoms with Gasteiger partial charge in [-0.3, -0.25) is 9.59 Å². The van der Waals surface area contributed by atoms with E-state index >= 15 is 13.2 Å². The van der Waals surface area contributed by atoms with Crippen LogP contribution in [-0.2, 0) is 48.4 Å². The summed E-state index contributed by atoms with van der Waals surface area (Å²) in [4.78, 5) is 53.7. The smallest absolute Gasteiger partial charge is 0.432 e. The van der Waals surface area contributed by atoms with Gasteiger partial charge in [-0.2, -0.15) is 13.2 Å². The van der Waals surface area contributed by atoms with Gasteiger partial charge in [-0.15, -0.1) is 0 Å². The van der Waals surface area contributed by atoms with Gasteiger partial charge in [0.15, 0.2) is 0 Å². The molecule has 11 nitrogen and oxygen atoms in total. The zero-order chi connectivity index (χ0) is 47.7. The second kappa shape index (κ2) is 17.1. The predicted molar refractivity (Wildman–Crippen MR) is 232 cm³/mol. The summed E-state index contributed by atoms with van der Waals surface area (Å²) >= 11 is 0. The van der Waals surface area contributed by atoms with E-state index in [2.05, 4.69) is 40.7 Å². The quantitative estimate of drug-likeness (QED) is 0.146. The van der Waals surface area contributed by atoms with E-state index in [1.807, 2.05) is 6.07 Å². The minimum Gasteiger partial charge on any atom is -0.462 e. The van der Waals surface area contributed by atoms with Crippen LogP contribution in [0, 0.1) is 45.3 Å². The highest BCUT2D eigenvalue weighted by molar-refractivity contribution is 5.89. The molecule has 2 aromatic carbocycles. The van der Waals surface area contributed by atoms with Crippen molar-refractivity contribution in [1.29, 1.82) is 0 Å². The third-order valence-electron chi connectivity index (χ3n) is 16.9. The zero-order valence-corrected chi connectivity index (χ0v) is 39.2. The number of rotatable bonds is 9. The van der Waals surface area contributed by atoms with E-state index in [0.29, 0.717) is 31.2 Å². The van der Waals surface area contributed by atoms with Gasteiger partial charge < -0.3 is 33.5 Å². The first-order chi connectivity index (χ1) is 30.3. The Balaban J connectivity index is 1.23. The topological polar surface area (TPSA) is 144 Å². The van der Waals surface area contributed by atoms with Crippen LogP contribution in [0.4, 0.5) is 13.2 Å². The van der Waals surface area contributed by atoms with Gasteiger partial charge in [-0.05, 0) is 87.2 Å². The summed E-state index contributed by atoms with van der Waals surface area (Å²) in [6.07, 6.45) is -5.33. The lowest BCUT2D eigenvalue weighted by Crippen LogP contribution is -2.70. The first-order valence-corrected chi connectivity index (χ1v) is 22.8. The van der Waals surface area contributed by atoms with Gasteiger partial charge in [0.1, 0.15) is 30.5 Å². The van der Waals surface area contributed by atoms with Crippen LogP contribution in [0.3, 0.4) is 0 Å². The summed E-state index contributed by atoms with van der Waals surface area (Å²) in [5.74, 6) is -4.08. The molecule has 3 saturated carbocycles. The minimum atomic E-state index is -5.21. The molecule has 4 aliphatic carbocycles. The predicted octanol–water partition coefficient (Wildman–Crippen LogP) is 9.09. The number of aliphatic hydroxyl groups excluding tert-OH is 1. The van der Waals surface area contributed by atoms with Crippen molar-refractivity contribution < 1.29 is 65.9 Å². The number of hydrogen-bond donors (Lipinski definition) is 1. The summed E-state index contributed by atoms with van der Waals surface area (Å²) in [7, 11) is 0.809. The van der Waals surface area contributed by atoms with E-state index < -0.39 is 105 Å². The average molecular weight is 911 g/mol. The molecule has 0 radical (unpaired) electrons. The zero-order valence-electron chi connectivity index (χ0n) is 39.2. The molecule has 0 spiro atoms. The van der Waals surface area contributed by atoms with Crippen LogP contribution in [0.5, 0.6) is 0 Å². The number of carbonyl (C=O) groups excluding carboxylic acids is 4. The summed E-state index contributed by atoms with van der Waals surface area (Å²) in [5, 5.41) is 11.8. The van der Waals surface area contributed by atoms with Gasteiger partial charge in [-0.1, -0.05) is 94.8 Å². The SMILES string of the molecule is CO[C@@](C(=O)O[C@@H]1C[C@@H]([C@@H]2CC=C3[C@]4(C)[C@H](OC(C)=O)C[C@H]5C(C)(C)[C@H](OC(=O)c6ccccc6)C[C@H](OC(C)=O)[C@]5(C)[C@H]4CC[C@]32C)COC(C)(C)[C@H]1O)(c1ccccc1)C(F)(F)F. The number of benzene rings is 2. The van der Waals surface area contributed by atoms with E-state index in [4.69, 9.17) is 28.4 Å². The molecule has 1 heterocycles. The molecule has 5 aliphatic rings. The molecule has 0 amide bonds. The molecule has 1 saturated heterocycles. The Labute approximate surface area is 380 Å². The lowest BCUT2D eigenvalue weighted by molar-refractivity contribution is -0.280. The van der Waals surface area contributed by atoms with Gasteiger partial charge in [0.05, 0.1) is 17.8 Å². The number of allylic oxidation sites excluding steroid dienone is 1. The van der Waals surface area contributed by atoms with Crippen molar-refractivity contribution in [2.24, 2.45) is 45.3 Å². The number of aliphatic hydroxyl groups is 1. The molecule has 0 unspecified atom stereocenters. The number of methoxy groups -OCH3 is 1. The lowest BCUT2D eigenvalue weighted by Gasteiger charge is -2.70. The highest BCUT2D eigenvalue weighted by Gasteiger charge is 2.73. The fourth-order valence-electron chi connectivity index (χ4n) is 13.6. The van der Waals surface area contributed by atoms with Gasteiger partial charge >= 0.3 is 30.1 Å². The van der Waals surface area contributed by atoms with Crippen molar-refractivity contribution >= 4 is 23.9 Å². The number of halogens is 3. The number of ether oxygens (including phenoxy) is 6. The third-order valence-corrected chi connectivity index (χ3v) is 16.9. The van der Waals surface area contributed by atoms with Crippen molar-refractivity contribution in [3.05, 3.63) is 83.4 Å². The number of esters is 4. The first kappa shape index (κ1) is 48.7. The number of carbonyl (C=O) groups is 4. The Hall–Kier alpha value is -4.27. The van der Waals surface area contributed by atoms with Crippen molar-refractivity contribution in [2.75, 3.05) is 13.7 Å². The van der Waals surface area contributed by atoms with Crippen LogP contribution >= 0.6 is 0 Å². The maximum atomic E-state index is 15.0. The fourth-order valence-corrected chi connectivity index (χ4v) is 13.6. The Bertz CT molecular complexity index is 2160. The lowest BCUT2D eigenvalue weighted by atomic mass is 9.36. The molecule has 13 atom stereocenters. The molecule has 1 N–H and O–H groups in total. The van der Waals surface area contributed by atoms with Crippen LogP contribution < -0.4 is 0 Å². The second-order valence-electron chi connectivity index (χ2n) is 21.0. The molecule has 1 aliphatic heterocycles. The molecular formula is C51H65F3O11. The summed E-state index contributed by atoms with van der Waals surface area (Å²) in [6, 6.07) is 15.3. The van der Waals surface area contributed by atoms with E-state index in [1.165, 1.54) is 32.0 Å². The molecule has 2 aromatic rings. The normalized spacial score (nSPS) is 37.1. The van der Waals surface area contributed by atoms with Gasteiger partial charge in [0, 0.05) is 49.2 Å². The van der Waals surface area contributed by atoms with Gasteiger partial charge in [0.25, 0.3) is 5.60 Å². The second-order valence-corrected chi connectivity index (χ2v) is 21.0. The van der Waals surface area contributed by atoms with E-state index in [-0.39, 0.29) is 37.2 Å². The van der Waals surface area contributed by atoms with Crippen LogP contribution in [0.15, 0.2) is 72.3 Å². The van der Waals surface area contributed by atoms with Crippen molar-refractivity contribution in [3.63, 3.8) is 0 Å². The Morgan fingerprint density at radius 1 is 0.754 bits per heavy atom. The summed E-state index contributed by atoms with van der Waals surface area (Å²) in [6.45, 7) is 16.8. The first-order valence-electron chi connectivity index (χ1n) is 22.8. The van der Waals surface area contributed by atoms with E-state index in [0.717, 1.165) is 24.8 Å². The Morgan fingerprint density at radius 2 is 1.35 bits per heavy atom. The molecule has 0 aromatic heterocycles. The van der Waals surface area contributed by atoms with Crippen LogP contribution in [-0.4, -0.2) is 85.0 Å². The number of hydrogen-bond acceptors (Lipinski definition) is 11. The average Bonchev–Trinajstić information content (AvgIpc) is 3.54. The maximum Gasteiger partial charge on any atom is 0.432 e. The summed E-state index contributed by atoms with van der Waals surface area (Å²) in [5.41, 5.74) is -6.41. The molecule has 0 bridgehead atoms. The van der Waals surface area contributed by atoms with E-state index in [9.17, 15) is 24.3 Å². The van der Waals surface area contributed by atoms with Crippen LogP contribution in [0.1, 0.15) is 117 Å². The minimum absolute atomic E-state index is 0.00324. The van der Waals surface area contributed by atoms with E-state index in [1.54, 1.807) is 38.1 Å². The summed E-state index contributed by atoms with van der Waals surface area (Å²) < 4.78 is 81.3. The van der Waals surface area contributed by atoms with Crippen molar-refractivity contribution in [3.8, 4) is 0 Å². The molecule has 14 heteroatoms. The molecule has 4 fully saturated rings. The molecule has 356 valence electrons. The fraction of sp³-hybridized carbons (Fsp3) is 0.647. The highest BCUT2D eigenvalue weighted by Crippen LogP contribution is 2.74. The Morgan fingerprint density at radius 3 is 1.94 bits per heavy atom. The van der Waals surface area contributed by atoms with Crippen LogP contribution in [0.2, 0.25) is 0 Å². The largest absolute Gasteiger partial charge is 0.462 e. The monoisotopic (exact) mass is 910 g/mol. The Kier molecular flexibility index (Phi) is 12.8. The highest BCUT2D eigenvalue weighted by atomic mass is 19.4. The van der Waals surface area contributed by atoms with Gasteiger partial charge in [0.2, 0.25) is 0 Å². The molecule has 7 rings (SSSR count). The van der Waals surface area contributed by atoms with Crippen molar-refractivity contribution in [2.45, 2.75) is 149 Å².